The van der Waals surface area contributed by atoms with Crippen molar-refractivity contribution in [2.24, 2.45) is 5.92 Å². The molecule has 1 N–H and O–H groups in total. The standard InChI is InChI=1S/C22H21Cl2FN2O2/c23-18-7-6-14(10-19(18)24)22(29)27-8-2-4-15(12-27)21(28)26-20-11-17(20)13-3-1-5-16(25)9-13/h1,3,5-7,9-10,15,17,20H,2,4,8,11-12H2,(H,26,28). The van der Waals surface area contributed by atoms with Gasteiger partial charge in [0.25, 0.3) is 5.91 Å². The number of hydrogen-bond acceptors (Lipinski definition) is 2. The molecule has 2 aromatic carbocycles. The maximum atomic E-state index is 13.4. The van der Waals surface area contributed by atoms with Crippen molar-refractivity contribution in [3.05, 3.63) is 69.5 Å². The second-order valence-electron chi connectivity index (χ2n) is 7.73. The molecule has 1 saturated carbocycles. The Morgan fingerprint density at radius 1 is 1.10 bits per heavy atom. The number of rotatable bonds is 4. The molecule has 4 nitrogen and oxygen atoms in total. The summed E-state index contributed by atoms with van der Waals surface area (Å²) in [5.74, 6) is -0.537. The highest BCUT2D eigenvalue weighted by Gasteiger charge is 2.41. The Balaban J connectivity index is 1.35. The maximum Gasteiger partial charge on any atom is 0.253 e. The summed E-state index contributed by atoms with van der Waals surface area (Å²) in [7, 11) is 0. The van der Waals surface area contributed by atoms with Gasteiger partial charge >= 0.3 is 0 Å². The number of amides is 2. The first-order valence-corrected chi connectivity index (χ1v) is 10.5. The van der Waals surface area contributed by atoms with Crippen molar-refractivity contribution < 1.29 is 14.0 Å². The van der Waals surface area contributed by atoms with Crippen LogP contribution in [0.2, 0.25) is 10.0 Å². The Morgan fingerprint density at radius 2 is 1.93 bits per heavy atom. The molecule has 0 radical (unpaired) electrons. The van der Waals surface area contributed by atoms with E-state index < -0.39 is 0 Å². The third-order valence-electron chi connectivity index (χ3n) is 5.64. The van der Waals surface area contributed by atoms with Gasteiger partial charge in [-0.15, -0.1) is 0 Å². The van der Waals surface area contributed by atoms with Crippen LogP contribution >= 0.6 is 23.2 Å². The Morgan fingerprint density at radius 3 is 2.69 bits per heavy atom. The third-order valence-corrected chi connectivity index (χ3v) is 6.38. The molecule has 1 aliphatic heterocycles. The largest absolute Gasteiger partial charge is 0.352 e. The van der Waals surface area contributed by atoms with Crippen LogP contribution in [0, 0.1) is 11.7 Å². The van der Waals surface area contributed by atoms with Gasteiger partial charge < -0.3 is 10.2 Å². The SMILES string of the molecule is O=C(NC1CC1c1cccc(F)c1)C1CCCN(C(=O)c2ccc(Cl)c(Cl)c2)C1. The summed E-state index contributed by atoms with van der Waals surface area (Å²) in [6.07, 6.45) is 2.32. The van der Waals surface area contributed by atoms with Gasteiger partial charge in [0.05, 0.1) is 16.0 Å². The van der Waals surface area contributed by atoms with Gasteiger partial charge in [-0.05, 0) is 55.2 Å². The average molecular weight is 435 g/mol. The number of hydrogen-bond donors (Lipinski definition) is 1. The molecule has 152 valence electrons. The van der Waals surface area contributed by atoms with Crippen LogP contribution in [0.3, 0.4) is 0 Å². The molecule has 3 unspecified atom stereocenters. The van der Waals surface area contributed by atoms with Gasteiger partial charge in [0, 0.05) is 30.6 Å². The van der Waals surface area contributed by atoms with Crippen molar-refractivity contribution in [2.75, 3.05) is 13.1 Å². The lowest BCUT2D eigenvalue weighted by Crippen LogP contribution is -2.46. The van der Waals surface area contributed by atoms with E-state index >= 15 is 0 Å². The molecule has 29 heavy (non-hydrogen) atoms. The van der Waals surface area contributed by atoms with Crippen molar-refractivity contribution in [2.45, 2.75) is 31.2 Å². The fraction of sp³-hybridized carbons (Fsp3) is 0.364. The van der Waals surface area contributed by atoms with Gasteiger partial charge in [-0.25, -0.2) is 4.39 Å². The predicted octanol–water partition coefficient (Wildman–Crippen LogP) is 4.66. The quantitative estimate of drug-likeness (QED) is 0.760. The van der Waals surface area contributed by atoms with Crippen molar-refractivity contribution >= 4 is 35.0 Å². The second-order valence-corrected chi connectivity index (χ2v) is 8.55. The summed E-state index contributed by atoms with van der Waals surface area (Å²) < 4.78 is 13.4. The Bertz CT molecular complexity index is 952. The summed E-state index contributed by atoms with van der Waals surface area (Å²) in [4.78, 5) is 27.2. The first-order valence-electron chi connectivity index (χ1n) is 9.72. The van der Waals surface area contributed by atoms with E-state index in [1.54, 1.807) is 29.2 Å². The molecule has 2 aromatic rings. The molecular formula is C22H21Cl2FN2O2. The summed E-state index contributed by atoms with van der Waals surface area (Å²) in [5.41, 5.74) is 1.38. The highest BCUT2D eigenvalue weighted by Crippen LogP contribution is 2.41. The second kappa shape index (κ2) is 8.33. The molecule has 0 spiro atoms. The minimum atomic E-state index is -0.261. The zero-order chi connectivity index (χ0) is 20.5. The predicted molar refractivity (Wildman–Crippen MR) is 111 cm³/mol. The van der Waals surface area contributed by atoms with Crippen molar-refractivity contribution in [1.82, 2.24) is 10.2 Å². The monoisotopic (exact) mass is 434 g/mol. The highest BCUT2D eigenvalue weighted by molar-refractivity contribution is 6.42. The van der Waals surface area contributed by atoms with Gasteiger partial charge in [-0.1, -0.05) is 35.3 Å². The number of benzene rings is 2. The van der Waals surface area contributed by atoms with Crippen LogP contribution in [0.25, 0.3) is 0 Å². The molecule has 1 saturated heterocycles. The summed E-state index contributed by atoms with van der Waals surface area (Å²) in [6, 6.07) is 11.4. The molecule has 1 heterocycles. The Hall–Kier alpha value is -2.11. The molecule has 1 aliphatic carbocycles. The normalized spacial score (nSPS) is 23.6. The van der Waals surface area contributed by atoms with E-state index in [2.05, 4.69) is 5.32 Å². The van der Waals surface area contributed by atoms with Crippen LogP contribution in [0.1, 0.15) is 41.1 Å². The van der Waals surface area contributed by atoms with E-state index in [1.165, 1.54) is 12.1 Å². The van der Waals surface area contributed by atoms with Gasteiger partial charge in [0.1, 0.15) is 5.82 Å². The lowest BCUT2D eigenvalue weighted by molar-refractivity contribution is -0.126. The number of carbonyl (C=O) groups is 2. The van der Waals surface area contributed by atoms with E-state index in [0.717, 1.165) is 24.8 Å². The molecule has 7 heteroatoms. The smallest absolute Gasteiger partial charge is 0.253 e. The fourth-order valence-electron chi connectivity index (χ4n) is 3.95. The Labute approximate surface area is 179 Å². The molecular weight excluding hydrogens is 414 g/mol. The topological polar surface area (TPSA) is 49.4 Å². The molecule has 0 aromatic heterocycles. The highest BCUT2D eigenvalue weighted by atomic mass is 35.5. The molecule has 0 bridgehead atoms. The van der Waals surface area contributed by atoms with Gasteiger partial charge in [-0.2, -0.15) is 0 Å². The van der Waals surface area contributed by atoms with E-state index in [-0.39, 0.29) is 35.5 Å². The van der Waals surface area contributed by atoms with Gasteiger partial charge in [0.2, 0.25) is 5.91 Å². The average Bonchev–Trinajstić information content (AvgIpc) is 3.49. The van der Waals surface area contributed by atoms with Crippen molar-refractivity contribution in [3.8, 4) is 0 Å². The van der Waals surface area contributed by atoms with E-state index in [4.69, 9.17) is 23.2 Å². The summed E-state index contributed by atoms with van der Waals surface area (Å²) >= 11 is 11.9. The Kier molecular flexibility index (Phi) is 5.79. The number of piperidine rings is 1. The van der Waals surface area contributed by atoms with E-state index in [0.29, 0.717) is 28.7 Å². The van der Waals surface area contributed by atoms with Crippen molar-refractivity contribution in [3.63, 3.8) is 0 Å². The minimum absolute atomic E-state index is 0.0328. The van der Waals surface area contributed by atoms with Gasteiger partial charge in [-0.3, -0.25) is 9.59 Å². The molecule has 4 rings (SSSR count). The number of carbonyl (C=O) groups excluding carboxylic acids is 2. The zero-order valence-electron chi connectivity index (χ0n) is 15.7. The number of halogens is 3. The van der Waals surface area contributed by atoms with Crippen LogP contribution in [0.4, 0.5) is 4.39 Å². The zero-order valence-corrected chi connectivity index (χ0v) is 17.2. The molecule has 2 amide bonds. The van der Waals surface area contributed by atoms with Crippen LogP contribution < -0.4 is 5.32 Å². The molecule has 2 aliphatic rings. The summed E-state index contributed by atoms with van der Waals surface area (Å²) in [5, 5.41) is 3.80. The first kappa shape index (κ1) is 20.2. The van der Waals surface area contributed by atoms with E-state index in [1.807, 2.05) is 6.07 Å². The number of likely N-dealkylation sites (tertiary alicyclic amines) is 1. The lowest BCUT2D eigenvalue weighted by Gasteiger charge is -2.32. The first-order chi connectivity index (χ1) is 13.9. The molecule has 2 fully saturated rings. The third kappa shape index (κ3) is 4.57. The molecule has 3 atom stereocenters. The minimum Gasteiger partial charge on any atom is -0.352 e. The van der Waals surface area contributed by atoms with Gasteiger partial charge in [0.15, 0.2) is 0 Å². The number of nitrogens with one attached hydrogen (secondary N) is 1. The fourth-order valence-corrected chi connectivity index (χ4v) is 4.25. The lowest BCUT2D eigenvalue weighted by atomic mass is 9.96. The number of nitrogens with zero attached hydrogens (tertiary/aromatic N) is 1. The van der Waals surface area contributed by atoms with Crippen LogP contribution in [-0.2, 0) is 4.79 Å². The van der Waals surface area contributed by atoms with Crippen LogP contribution in [0.5, 0.6) is 0 Å². The van der Waals surface area contributed by atoms with Crippen LogP contribution in [0.15, 0.2) is 42.5 Å². The maximum absolute atomic E-state index is 13.4. The summed E-state index contributed by atoms with van der Waals surface area (Å²) in [6.45, 7) is 0.987. The van der Waals surface area contributed by atoms with E-state index in [9.17, 15) is 14.0 Å². The van der Waals surface area contributed by atoms with Crippen LogP contribution in [-0.4, -0.2) is 35.8 Å². The van der Waals surface area contributed by atoms with Crippen molar-refractivity contribution in [1.29, 1.82) is 0 Å².